The highest BCUT2D eigenvalue weighted by Gasteiger charge is 2.48. The molecule has 3 aliphatic rings. The van der Waals surface area contributed by atoms with Crippen molar-refractivity contribution in [2.75, 3.05) is 50.7 Å². The summed E-state index contributed by atoms with van der Waals surface area (Å²) in [5.41, 5.74) is 2.28. The first-order valence-electron chi connectivity index (χ1n) is 20.6. The maximum absolute atomic E-state index is 12.5. The van der Waals surface area contributed by atoms with Crippen LogP contribution < -0.4 is 4.90 Å². The average molecular weight is 936 g/mol. The van der Waals surface area contributed by atoms with Crippen LogP contribution in [0, 0.1) is 0 Å². The van der Waals surface area contributed by atoms with Gasteiger partial charge in [0.1, 0.15) is 26.8 Å². The highest BCUT2D eigenvalue weighted by atomic mass is 32.2. The molecule has 2 aromatic rings. The molecule has 0 bridgehead atoms. The van der Waals surface area contributed by atoms with Crippen molar-refractivity contribution in [1.82, 2.24) is 5.06 Å². The van der Waals surface area contributed by atoms with E-state index >= 15 is 0 Å². The molecule has 0 aromatic heterocycles. The van der Waals surface area contributed by atoms with Gasteiger partial charge in [-0.1, -0.05) is 0 Å². The molecule has 63 heavy (non-hydrogen) atoms. The summed E-state index contributed by atoms with van der Waals surface area (Å²) in [7, 11) is -12.8. The number of nitrogens with zero attached hydrogens (tertiary/aromatic N) is 3. The number of methoxy groups -OCH3 is 1. The van der Waals surface area contributed by atoms with E-state index < -0.39 is 74.5 Å². The van der Waals surface area contributed by atoms with Crippen LogP contribution in [0.5, 0.6) is 0 Å². The first-order chi connectivity index (χ1) is 29.4. The summed E-state index contributed by atoms with van der Waals surface area (Å²) in [5.74, 6) is -2.54. The molecule has 0 saturated carbocycles. The number of fused-ring (bicyclic) bond motifs is 2. The summed E-state index contributed by atoms with van der Waals surface area (Å²) in [5, 5.41) is 0.503. The van der Waals surface area contributed by atoms with Crippen molar-refractivity contribution in [2.24, 2.45) is 0 Å². The van der Waals surface area contributed by atoms with Crippen LogP contribution in [0.25, 0.3) is 0 Å². The Morgan fingerprint density at radius 1 is 0.825 bits per heavy atom. The van der Waals surface area contributed by atoms with Crippen LogP contribution in [0.15, 0.2) is 69.6 Å². The van der Waals surface area contributed by atoms with E-state index in [2.05, 4.69) is 0 Å². The van der Waals surface area contributed by atoms with Gasteiger partial charge in [0.25, 0.3) is 11.8 Å². The van der Waals surface area contributed by atoms with E-state index in [-0.39, 0.29) is 45.3 Å². The standard InChI is InChI=1S/C42H55N3O15S3/c1-6-43-34-14-12-30(62(52,53)54)27-32(34)41(3,18-10-24-61(49,50)51)36(43)25-29(2)26-37-42(4,19-21-59-23-22-58-5)33-28-31(63(55,56)57)13-15-35(33)44(37)20-9-7-8-11-40(48)60-45-38(46)16-17-39(45)47/h12-15,25-28H,6-11,16-24H2,1-5H3,(H2-,49,50,51,52,53,54,55,56,57)/p-2. The molecule has 2 amide bonds. The Bertz CT molecular complexity index is 2540. The second kappa shape index (κ2) is 19.8. The highest BCUT2D eigenvalue weighted by molar-refractivity contribution is 7.86. The third-order valence-corrected chi connectivity index (χ3v) is 14.2. The summed E-state index contributed by atoms with van der Waals surface area (Å²) in [6, 6.07) is 8.25. The zero-order valence-corrected chi connectivity index (χ0v) is 38.4. The summed E-state index contributed by atoms with van der Waals surface area (Å²) in [6.45, 7) is 9.01. The molecule has 1 saturated heterocycles. The minimum absolute atomic E-state index is 0.0255. The van der Waals surface area contributed by atoms with Crippen LogP contribution in [0.4, 0.5) is 11.4 Å². The van der Waals surface area contributed by atoms with Crippen molar-refractivity contribution in [3.05, 3.63) is 70.9 Å². The minimum atomic E-state index is -4.87. The molecule has 3 heterocycles. The van der Waals surface area contributed by atoms with E-state index in [9.17, 15) is 53.3 Å². The SMILES string of the molecule is CCN1/C(=C/C(C)=C/C2=[N+](CCCCCC(=O)ON3C(=O)CCC3=O)c3ccc(S(=O)(=O)[O-])cc3C2(C)CCOCCOC)C(C)(CCCS(=O)(=O)[O-])c2cc(S(=O)(=O)[O-])ccc21. The zero-order valence-electron chi connectivity index (χ0n) is 35.9. The quantitative estimate of drug-likeness (QED) is 0.0699. The Morgan fingerprint density at radius 3 is 2.06 bits per heavy atom. The Labute approximate surface area is 368 Å². The Balaban J connectivity index is 1.58. The van der Waals surface area contributed by atoms with Gasteiger partial charge in [0.15, 0.2) is 5.71 Å². The molecule has 1 fully saturated rings. The number of amides is 2. The van der Waals surface area contributed by atoms with Crippen LogP contribution in [0.3, 0.4) is 0 Å². The third kappa shape index (κ3) is 11.5. The monoisotopic (exact) mass is 935 g/mol. The van der Waals surface area contributed by atoms with E-state index in [0.717, 1.165) is 0 Å². The van der Waals surface area contributed by atoms with Crippen LogP contribution in [0.1, 0.15) is 96.6 Å². The van der Waals surface area contributed by atoms with Gasteiger partial charge in [0.05, 0.1) is 38.5 Å². The fourth-order valence-corrected chi connectivity index (χ4v) is 10.0. The van der Waals surface area contributed by atoms with Gasteiger partial charge >= 0.3 is 5.97 Å². The number of imide groups is 1. The van der Waals surface area contributed by atoms with E-state index in [0.29, 0.717) is 89.9 Å². The topological polar surface area (TPSA) is 260 Å². The molecular weight excluding hydrogens is 883 g/mol. The number of allylic oxidation sites excluding steroid dienone is 4. The number of hydrogen-bond acceptors (Lipinski definition) is 16. The number of likely N-dealkylation sites (N-methyl/N-ethyl adjacent to an activating group) is 1. The average Bonchev–Trinajstić information content (AvgIpc) is 3.72. The zero-order chi connectivity index (χ0) is 46.5. The number of benzene rings is 2. The van der Waals surface area contributed by atoms with Crippen molar-refractivity contribution in [2.45, 2.75) is 106 Å². The lowest BCUT2D eigenvalue weighted by Gasteiger charge is -2.31. The number of hydroxylamine groups is 2. The van der Waals surface area contributed by atoms with Gasteiger partial charge in [-0.05, 0) is 107 Å². The van der Waals surface area contributed by atoms with E-state index in [1.807, 2.05) is 42.4 Å². The maximum atomic E-state index is 12.5. The second-order valence-electron chi connectivity index (χ2n) is 16.2. The van der Waals surface area contributed by atoms with Gasteiger partial charge in [-0.3, -0.25) is 9.59 Å². The molecular formula is C42H53N3O15S3-2. The molecule has 18 nitrogen and oxygen atoms in total. The third-order valence-electron chi connectivity index (χ3n) is 11.8. The highest BCUT2D eigenvalue weighted by Crippen LogP contribution is 2.52. The van der Waals surface area contributed by atoms with Crippen molar-refractivity contribution < 1.29 is 72.2 Å². The van der Waals surface area contributed by atoms with Crippen molar-refractivity contribution in [1.29, 1.82) is 0 Å². The molecule has 0 spiro atoms. The van der Waals surface area contributed by atoms with Crippen molar-refractivity contribution in [3.8, 4) is 0 Å². The number of anilines is 1. The van der Waals surface area contributed by atoms with E-state index in [4.69, 9.17) is 14.3 Å². The van der Waals surface area contributed by atoms with E-state index in [1.165, 1.54) is 37.4 Å². The summed E-state index contributed by atoms with van der Waals surface area (Å²) >= 11 is 0. The number of hydrogen-bond donors (Lipinski definition) is 0. The smallest absolute Gasteiger partial charge is 0.333 e. The van der Waals surface area contributed by atoms with Crippen LogP contribution in [0.2, 0.25) is 0 Å². The van der Waals surface area contributed by atoms with E-state index in [1.54, 1.807) is 13.0 Å². The van der Waals surface area contributed by atoms with Gasteiger partial charge in [-0.25, -0.2) is 30.0 Å². The Kier molecular flexibility index (Phi) is 15.6. The molecule has 3 aliphatic heterocycles. The van der Waals surface area contributed by atoms with Gasteiger partial charge in [0, 0.05) is 86.2 Å². The van der Waals surface area contributed by atoms with Gasteiger partial charge in [0.2, 0.25) is 5.69 Å². The largest absolute Gasteiger partial charge is 0.748 e. The van der Waals surface area contributed by atoms with Crippen LogP contribution >= 0.6 is 0 Å². The second-order valence-corrected chi connectivity index (χ2v) is 20.5. The molecule has 0 N–H and O–H groups in total. The molecule has 2 atom stereocenters. The van der Waals surface area contributed by atoms with Gasteiger partial charge in [-0.15, -0.1) is 5.06 Å². The predicted octanol–water partition coefficient (Wildman–Crippen LogP) is 4.03. The van der Waals surface area contributed by atoms with Crippen molar-refractivity contribution >= 4 is 65.2 Å². The number of unbranched alkanes of at least 4 members (excludes halogenated alkanes) is 2. The minimum Gasteiger partial charge on any atom is -0.748 e. The molecule has 21 heteroatoms. The predicted molar refractivity (Wildman–Crippen MR) is 225 cm³/mol. The van der Waals surface area contributed by atoms with Gasteiger partial charge in [-0.2, -0.15) is 4.58 Å². The van der Waals surface area contributed by atoms with Crippen LogP contribution in [-0.4, -0.2) is 118 Å². The first-order valence-corrected chi connectivity index (χ1v) is 24.9. The normalized spacial score (nSPS) is 21.2. The fourth-order valence-electron chi connectivity index (χ4n) is 8.53. The van der Waals surface area contributed by atoms with Gasteiger partial charge < -0.3 is 32.9 Å². The lowest BCUT2D eigenvalue weighted by molar-refractivity contribution is -0.438. The number of ether oxygens (including phenoxy) is 2. The number of carbonyl (C=O) groups is 3. The fraction of sp³-hybridized carbons (Fsp3) is 0.524. The summed E-state index contributed by atoms with van der Waals surface area (Å²) < 4.78 is 122. The Hall–Kier alpha value is -4.35. The Morgan fingerprint density at radius 2 is 1.46 bits per heavy atom. The number of rotatable bonds is 22. The molecule has 346 valence electrons. The molecule has 2 unspecified atom stereocenters. The molecule has 5 rings (SSSR count). The summed E-state index contributed by atoms with van der Waals surface area (Å²) in [4.78, 5) is 42.4. The van der Waals surface area contributed by atoms with Crippen molar-refractivity contribution in [3.63, 3.8) is 0 Å². The molecule has 2 aromatic carbocycles. The lowest BCUT2D eigenvalue weighted by atomic mass is 9.75. The van der Waals surface area contributed by atoms with Crippen LogP contribution in [-0.2, 0) is 69.9 Å². The first kappa shape index (κ1) is 49.7. The summed E-state index contributed by atoms with van der Waals surface area (Å²) in [6.07, 6.45) is 5.44. The molecule has 0 radical (unpaired) electrons. The molecule has 0 aliphatic carbocycles. The lowest BCUT2D eigenvalue weighted by Crippen LogP contribution is -2.33. The maximum Gasteiger partial charge on any atom is 0.333 e. The number of carbonyl (C=O) groups excluding carboxylic acids is 3.